The molecule has 0 aliphatic heterocycles. The van der Waals surface area contributed by atoms with Gasteiger partial charge in [-0.25, -0.2) is 0 Å². The zero-order valence-electron chi connectivity index (χ0n) is 12.2. The second-order valence-electron chi connectivity index (χ2n) is 6.11. The molecule has 0 aromatic carbocycles. The minimum atomic E-state index is -0.109. The molecular formula is C15H29NO. The van der Waals surface area contributed by atoms with Crippen LogP contribution in [0.25, 0.3) is 0 Å². The van der Waals surface area contributed by atoms with Gasteiger partial charge in [0.15, 0.2) is 0 Å². The number of rotatable bonds is 4. The van der Waals surface area contributed by atoms with Crippen LogP contribution in [-0.4, -0.2) is 12.5 Å². The first kappa shape index (κ1) is 14.5. The Balaban J connectivity index is 2.99. The smallest absolute Gasteiger partial charge is 0.226 e. The van der Waals surface area contributed by atoms with Crippen LogP contribution in [0.4, 0.5) is 0 Å². The number of carbonyl (C=O) groups excluding carboxylic acids is 1. The van der Waals surface area contributed by atoms with Crippen LogP contribution in [0, 0.1) is 23.2 Å². The van der Waals surface area contributed by atoms with Gasteiger partial charge in [-0.3, -0.25) is 4.79 Å². The van der Waals surface area contributed by atoms with Crippen molar-refractivity contribution in [2.24, 2.45) is 23.2 Å². The lowest BCUT2D eigenvalue weighted by Crippen LogP contribution is -2.50. The van der Waals surface area contributed by atoms with Crippen molar-refractivity contribution >= 4 is 5.91 Å². The number of hydrogen-bond acceptors (Lipinski definition) is 1. The zero-order valence-corrected chi connectivity index (χ0v) is 12.2. The summed E-state index contributed by atoms with van der Waals surface area (Å²) in [6, 6.07) is 0. The van der Waals surface area contributed by atoms with E-state index in [0.29, 0.717) is 23.7 Å². The molecule has 2 heteroatoms. The highest BCUT2D eigenvalue weighted by molar-refractivity contribution is 5.83. The van der Waals surface area contributed by atoms with E-state index in [1.165, 1.54) is 12.8 Å². The molecule has 2 nitrogen and oxygen atoms in total. The highest BCUT2D eigenvalue weighted by Crippen LogP contribution is 2.49. The first-order valence-electron chi connectivity index (χ1n) is 7.26. The maximum Gasteiger partial charge on any atom is 0.226 e. The predicted octanol–water partition coefficient (Wildman–Crippen LogP) is 3.61. The van der Waals surface area contributed by atoms with Crippen LogP contribution in [0.5, 0.6) is 0 Å². The van der Waals surface area contributed by atoms with Crippen molar-refractivity contribution in [3.63, 3.8) is 0 Å². The summed E-state index contributed by atoms with van der Waals surface area (Å²) in [6.45, 7) is 11.8. The van der Waals surface area contributed by atoms with Crippen molar-refractivity contribution in [2.45, 2.75) is 60.3 Å². The first-order valence-corrected chi connectivity index (χ1v) is 7.26. The van der Waals surface area contributed by atoms with Crippen LogP contribution in [0.1, 0.15) is 60.3 Å². The van der Waals surface area contributed by atoms with Gasteiger partial charge in [0.2, 0.25) is 5.91 Å². The van der Waals surface area contributed by atoms with Crippen molar-refractivity contribution in [3.8, 4) is 0 Å². The maximum absolute atomic E-state index is 12.5. The van der Waals surface area contributed by atoms with Gasteiger partial charge in [-0.05, 0) is 43.9 Å². The Kier molecular flexibility index (Phi) is 5.03. The predicted molar refractivity (Wildman–Crippen MR) is 72.8 cm³/mol. The molecule has 0 saturated heterocycles. The number of amides is 1. The summed E-state index contributed by atoms with van der Waals surface area (Å²) >= 11 is 0. The summed E-state index contributed by atoms with van der Waals surface area (Å²) in [5.41, 5.74) is -0.109. The molecule has 3 atom stereocenters. The molecule has 1 saturated carbocycles. The molecule has 0 heterocycles. The number of carbonyl (C=O) groups is 1. The second-order valence-corrected chi connectivity index (χ2v) is 6.11. The maximum atomic E-state index is 12.5. The van der Waals surface area contributed by atoms with E-state index in [1.54, 1.807) is 0 Å². The van der Waals surface area contributed by atoms with Gasteiger partial charge in [-0.2, -0.15) is 0 Å². The molecule has 100 valence electrons. The summed E-state index contributed by atoms with van der Waals surface area (Å²) in [6.07, 6.45) is 4.54. The van der Waals surface area contributed by atoms with Crippen molar-refractivity contribution < 1.29 is 4.79 Å². The fourth-order valence-corrected chi connectivity index (χ4v) is 3.75. The van der Waals surface area contributed by atoms with Gasteiger partial charge >= 0.3 is 0 Å². The fourth-order valence-electron chi connectivity index (χ4n) is 3.75. The molecule has 3 unspecified atom stereocenters. The molecule has 0 spiro atoms. The highest BCUT2D eigenvalue weighted by Gasteiger charge is 2.47. The van der Waals surface area contributed by atoms with E-state index in [9.17, 15) is 4.79 Å². The molecule has 1 fully saturated rings. The molecule has 0 aromatic rings. The van der Waals surface area contributed by atoms with Crippen molar-refractivity contribution in [3.05, 3.63) is 0 Å². The van der Waals surface area contributed by atoms with Crippen LogP contribution in [0.2, 0.25) is 0 Å². The Hall–Kier alpha value is -0.530. The third-order valence-electron chi connectivity index (χ3n) is 4.62. The summed E-state index contributed by atoms with van der Waals surface area (Å²) in [5.74, 6) is 2.14. The van der Waals surface area contributed by atoms with Crippen LogP contribution in [0.3, 0.4) is 0 Å². The lowest BCUT2D eigenvalue weighted by Gasteiger charge is -2.46. The minimum absolute atomic E-state index is 0.109. The van der Waals surface area contributed by atoms with Gasteiger partial charge in [0.1, 0.15) is 0 Å². The van der Waals surface area contributed by atoms with Crippen LogP contribution in [-0.2, 0) is 4.79 Å². The van der Waals surface area contributed by atoms with E-state index in [4.69, 9.17) is 0 Å². The van der Waals surface area contributed by atoms with Crippen LogP contribution in [0.15, 0.2) is 0 Å². The van der Waals surface area contributed by atoms with Crippen molar-refractivity contribution in [1.82, 2.24) is 5.32 Å². The van der Waals surface area contributed by atoms with E-state index in [0.717, 1.165) is 19.4 Å². The van der Waals surface area contributed by atoms with Gasteiger partial charge in [0.25, 0.3) is 0 Å². The molecule has 1 rings (SSSR count). The average Bonchev–Trinajstić information content (AvgIpc) is 2.28. The van der Waals surface area contributed by atoms with Crippen molar-refractivity contribution in [1.29, 1.82) is 0 Å². The van der Waals surface area contributed by atoms with Gasteiger partial charge in [-0.1, -0.05) is 34.1 Å². The van der Waals surface area contributed by atoms with Gasteiger partial charge in [0, 0.05) is 6.54 Å². The molecule has 1 amide bonds. The molecule has 17 heavy (non-hydrogen) atoms. The molecule has 0 aromatic heterocycles. The van der Waals surface area contributed by atoms with E-state index in [2.05, 4.69) is 33.0 Å². The topological polar surface area (TPSA) is 29.1 Å². The molecule has 1 N–H and O–H groups in total. The summed E-state index contributed by atoms with van der Waals surface area (Å²) in [7, 11) is 0. The number of hydrogen-bond donors (Lipinski definition) is 1. The largest absolute Gasteiger partial charge is 0.356 e. The minimum Gasteiger partial charge on any atom is -0.356 e. The second kappa shape index (κ2) is 5.88. The average molecular weight is 239 g/mol. The summed E-state index contributed by atoms with van der Waals surface area (Å²) in [5, 5.41) is 3.07. The first-order chi connectivity index (χ1) is 7.97. The van der Waals surface area contributed by atoms with Gasteiger partial charge < -0.3 is 5.32 Å². The molecule has 0 radical (unpaired) electrons. The lowest BCUT2D eigenvalue weighted by molar-refractivity contribution is -0.140. The van der Waals surface area contributed by atoms with E-state index < -0.39 is 0 Å². The van der Waals surface area contributed by atoms with E-state index in [1.807, 2.05) is 6.92 Å². The van der Waals surface area contributed by atoms with Crippen molar-refractivity contribution in [2.75, 3.05) is 6.54 Å². The van der Waals surface area contributed by atoms with Gasteiger partial charge in [-0.15, -0.1) is 0 Å². The highest BCUT2D eigenvalue weighted by atomic mass is 16.2. The molecule has 0 bridgehead atoms. The van der Waals surface area contributed by atoms with E-state index in [-0.39, 0.29) is 5.41 Å². The Morgan fingerprint density at radius 1 is 1.35 bits per heavy atom. The Labute approximate surface area is 107 Å². The standard InChI is InChI=1S/C15H29NO/c1-6-15(14(17)16-7-2)10-12(5)8-9-13(15)11(3)4/h11-13H,6-10H2,1-5H3,(H,16,17). The molecule has 1 aliphatic carbocycles. The summed E-state index contributed by atoms with van der Waals surface area (Å²) in [4.78, 5) is 12.5. The van der Waals surface area contributed by atoms with Crippen LogP contribution < -0.4 is 5.32 Å². The SMILES string of the molecule is CCNC(=O)C1(CC)CC(C)CCC1C(C)C. The molecular weight excluding hydrogens is 210 g/mol. The zero-order chi connectivity index (χ0) is 13.1. The quantitative estimate of drug-likeness (QED) is 0.797. The lowest BCUT2D eigenvalue weighted by atomic mass is 9.58. The Morgan fingerprint density at radius 2 is 2.00 bits per heavy atom. The Bertz CT molecular complexity index is 262. The van der Waals surface area contributed by atoms with Gasteiger partial charge in [0.05, 0.1) is 5.41 Å². The van der Waals surface area contributed by atoms with Crippen LogP contribution >= 0.6 is 0 Å². The fraction of sp³-hybridized carbons (Fsp3) is 0.933. The van der Waals surface area contributed by atoms with E-state index >= 15 is 0 Å². The third-order valence-corrected chi connectivity index (χ3v) is 4.62. The number of nitrogens with one attached hydrogen (secondary N) is 1. The molecule has 1 aliphatic rings. The third kappa shape index (κ3) is 2.83. The Morgan fingerprint density at radius 3 is 2.47 bits per heavy atom. The summed E-state index contributed by atoms with van der Waals surface area (Å²) < 4.78 is 0. The monoisotopic (exact) mass is 239 g/mol. The normalized spacial score (nSPS) is 33.8.